The van der Waals surface area contributed by atoms with E-state index in [9.17, 15) is 4.39 Å². The molecule has 1 fully saturated rings. The normalized spacial score (nSPS) is 25.0. The summed E-state index contributed by atoms with van der Waals surface area (Å²) in [7, 11) is 0. The summed E-state index contributed by atoms with van der Waals surface area (Å²) in [5, 5.41) is 0. The zero-order valence-corrected chi connectivity index (χ0v) is 9.21. The SMILES string of the molecule is N.NC1CC2(CCC2)Oc2ccc(F)cc21. The highest BCUT2D eigenvalue weighted by Gasteiger charge is 2.44. The first-order valence-corrected chi connectivity index (χ1v) is 5.43. The zero-order valence-electron chi connectivity index (χ0n) is 9.21. The van der Waals surface area contributed by atoms with Gasteiger partial charge in [0.05, 0.1) is 0 Å². The van der Waals surface area contributed by atoms with Crippen molar-refractivity contribution in [3.63, 3.8) is 0 Å². The molecule has 1 aromatic rings. The Morgan fingerprint density at radius 2 is 2.12 bits per heavy atom. The minimum Gasteiger partial charge on any atom is -0.487 e. The van der Waals surface area contributed by atoms with E-state index in [4.69, 9.17) is 10.5 Å². The molecule has 0 amide bonds. The molecule has 1 saturated carbocycles. The number of hydrogen-bond acceptors (Lipinski definition) is 3. The summed E-state index contributed by atoms with van der Waals surface area (Å²) in [6.45, 7) is 0. The average Bonchev–Trinajstić information content (AvgIpc) is 2.16. The van der Waals surface area contributed by atoms with Crippen LogP contribution in [0.15, 0.2) is 18.2 Å². The van der Waals surface area contributed by atoms with Gasteiger partial charge in [-0.05, 0) is 37.5 Å². The van der Waals surface area contributed by atoms with Crippen LogP contribution in [-0.2, 0) is 0 Å². The molecule has 1 aliphatic carbocycles. The third-order valence-corrected chi connectivity index (χ3v) is 3.55. The number of fused-ring (bicyclic) bond motifs is 1. The summed E-state index contributed by atoms with van der Waals surface area (Å²) >= 11 is 0. The molecule has 5 N–H and O–H groups in total. The topological polar surface area (TPSA) is 70.2 Å². The van der Waals surface area contributed by atoms with Crippen molar-refractivity contribution >= 4 is 0 Å². The fraction of sp³-hybridized carbons (Fsp3) is 0.500. The van der Waals surface area contributed by atoms with E-state index in [1.807, 2.05) is 0 Å². The molecular weight excluding hydrogens is 207 g/mol. The molecule has 0 radical (unpaired) electrons. The lowest BCUT2D eigenvalue weighted by atomic mass is 9.73. The highest BCUT2D eigenvalue weighted by atomic mass is 19.1. The number of nitrogens with two attached hydrogens (primary N) is 1. The van der Waals surface area contributed by atoms with E-state index >= 15 is 0 Å². The van der Waals surface area contributed by atoms with Gasteiger partial charge in [0.25, 0.3) is 0 Å². The lowest BCUT2D eigenvalue weighted by Gasteiger charge is -2.47. The second-order valence-corrected chi connectivity index (χ2v) is 4.63. The first-order chi connectivity index (χ1) is 7.19. The molecule has 0 saturated heterocycles. The van der Waals surface area contributed by atoms with Gasteiger partial charge < -0.3 is 16.6 Å². The van der Waals surface area contributed by atoms with Crippen LogP contribution in [0, 0.1) is 5.82 Å². The summed E-state index contributed by atoms with van der Waals surface area (Å²) in [5.74, 6) is 0.534. The van der Waals surface area contributed by atoms with Gasteiger partial charge >= 0.3 is 0 Å². The number of benzene rings is 1. The third kappa shape index (κ3) is 1.58. The Labute approximate surface area is 94.4 Å². The lowest BCUT2D eigenvalue weighted by molar-refractivity contribution is -0.0330. The summed E-state index contributed by atoms with van der Waals surface area (Å²) in [4.78, 5) is 0. The lowest BCUT2D eigenvalue weighted by Crippen LogP contribution is -2.48. The molecule has 1 unspecified atom stereocenters. The van der Waals surface area contributed by atoms with Crippen molar-refractivity contribution in [2.45, 2.75) is 37.3 Å². The van der Waals surface area contributed by atoms with Crippen molar-refractivity contribution in [1.82, 2.24) is 6.15 Å². The predicted molar refractivity (Wildman–Crippen MR) is 60.2 cm³/mol. The maximum atomic E-state index is 13.0. The maximum Gasteiger partial charge on any atom is 0.125 e. The van der Waals surface area contributed by atoms with Gasteiger partial charge in [0.2, 0.25) is 0 Å². The van der Waals surface area contributed by atoms with Crippen LogP contribution in [0.2, 0.25) is 0 Å². The van der Waals surface area contributed by atoms with Gasteiger partial charge in [0, 0.05) is 18.0 Å². The van der Waals surface area contributed by atoms with Gasteiger partial charge in [-0.15, -0.1) is 0 Å². The van der Waals surface area contributed by atoms with Gasteiger partial charge in [-0.25, -0.2) is 4.39 Å². The van der Waals surface area contributed by atoms with Crippen molar-refractivity contribution in [2.75, 3.05) is 0 Å². The molecular formula is C12H17FN2O. The van der Waals surface area contributed by atoms with E-state index in [0.29, 0.717) is 0 Å². The standard InChI is InChI=1S/C12H14FNO.H3N/c13-8-2-3-11-9(6-8)10(14)7-12(15-11)4-1-5-12;/h2-3,6,10H,1,4-5,7,14H2;1H3. The van der Waals surface area contributed by atoms with Crippen molar-refractivity contribution in [2.24, 2.45) is 5.73 Å². The Bertz CT molecular complexity index is 404. The quantitative estimate of drug-likeness (QED) is 0.711. The molecule has 1 spiro atoms. The Balaban J connectivity index is 0.000000963. The first-order valence-electron chi connectivity index (χ1n) is 5.43. The van der Waals surface area contributed by atoms with Crippen LogP contribution >= 0.6 is 0 Å². The van der Waals surface area contributed by atoms with Gasteiger partial charge in [-0.1, -0.05) is 0 Å². The first kappa shape index (κ1) is 11.4. The summed E-state index contributed by atoms with van der Waals surface area (Å²) in [6.07, 6.45) is 4.20. The Morgan fingerprint density at radius 1 is 1.38 bits per heavy atom. The van der Waals surface area contributed by atoms with Crippen LogP contribution in [0.4, 0.5) is 4.39 Å². The number of halogens is 1. The van der Waals surface area contributed by atoms with E-state index in [0.717, 1.165) is 30.6 Å². The van der Waals surface area contributed by atoms with Gasteiger partial charge in [0.15, 0.2) is 0 Å². The number of ether oxygens (including phenoxy) is 1. The van der Waals surface area contributed by atoms with E-state index in [2.05, 4.69) is 0 Å². The van der Waals surface area contributed by atoms with Gasteiger partial charge in [-0.3, -0.25) is 0 Å². The van der Waals surface area contributed by atoms with Crippen LogP contribution in [0.3, 0.4) is 0 Å². The minimum atomic E-state index is -0.239. The molecule has 1 heterocycles. The van der Waals surface area contributed by atoms with E-state index in [-0.39, 0.29) is 23.6 Å². The van der Waals surface area contributed by atoms with E-state index in [1.165, 1.54) is 18.6 Å². The van der Waals surface area contributed by atoms with Crippen molar-refractivity contribution in [1.29, 1.82) is 0 Å². The molecule has 4 heteroatoms. The number of rotatable bonds is 0. The highest BCUT2D eigenvalue weighted by Crippen LogP contribution is 2.47. The van der Waals surface area contributed by atoms with Crippen LogP contribution in [0.1, 0.15) is 37.3 Å². The molecule has 88 valence electrons. The Morgan fingerprint density at radius 3 is 2.75 bits per heavy atom. The second-order valence-electron chi connectivity index (χ2n) is 4.63. The van der Waals surface area contributed by atoms with Crippen LogP contribution in [0.25, 0.3) is 0 Å². The van der Waals surface area contributed by atoms with Crippen LogP contribution in [-0.4, -0.2) is 5.60 Å². The van der Waals surface area contributed by atoms with Crippen LogP contribution < -0.4 is 16.6 Å². The number of hydrogen-bond donors (Lipinski definition) is 2. The fourth-order valence-electron chi connectivity index (χ4n) is 2.56. The molecule has 3 nitrogen and oxygen atoms in total. The maximum absolute atomic E-state index is 13.0. The summed E-state index contributed by atoms with van der Waals surface area (Å²) in [6, 6.07) is 4.54. The predicted octanol–water partition coefficient (Wildman–Crippen LogP) is 2.69. The Hall–Kier alpha value is -1.13. The van der Waals surface area contributed by atoms with E-state index in [1.54, 1.807) is 6.07 Å². The molecule has 1 aromatic carbocycles. The third-order valence-electron chi connectivity index (χ3n) is 3.55. The summed E-state index contributed by atoms with van der Waals surface area (Å²) < 4.78 is 19.0. The largest absolute Gasteiger partial charge is 0.487 e. The smallest absolute Gasteiger partial charge is 0.125 e. The molecule has 0 aromatic heterocycles. The molecule has 2 aliphatic rings. The van der Waals surface area contributed by atoms with Crippen molar-refractivity contribution < 1.29 is 9.13 Å². The van der Waals surface area contributed by atoms with Crippen molar-refractivity contribution in [3.8, 4) is 5.75 Å². The molecule has 3 rings (SSSR count). The van der Waals surface area contributed by atoms with Gasteiger partial charge in [0.1, 0.15) is 17.2 Å². The average molecular weight is 224 g/mol. The highest BCUT2D eigenvalue weighted by molar-refractivity contribution is 5.39. The molecule has 1 aliphatic heterocycles. The second kappa shape index (κ2) is 3.71. The van der Waals surface area contributed by atoms with Crippen molar-refractivity contribution in [3.05, 3.63) is 29.6 Å². The fourth-order valence-corrected chi connectivity index (χ4v) is 2.56. The Kier molecular flexibility index (Phi) is 2.64. The van der Waals surface area contributed by atoms with Crippen LogP contribution in [0.5, 0.6) is 5.75 Å². The monoisotopic (exact) mass is 224 g/mol. The molecule has 16 heavy (non-hydrogen) atoms. The minimum absolute atomic E-state index is 0. The van der Waals surface area contributed by atoms with Gasteiger partial charge in [-0.2, -0.15) is 0 Å². The van der Waals surface area contributed by atoms with E-state index < -0.39 is 0 Å². The zero-order chi connectivity index (χ0) is 10.5. The molecule has 0 bridgehead atoms. The molecule has 1 atom stereocenters. The summed E-state index contributed by atoms with van der Waals surface area (Å²) in [5.41, 5.74) is 6.83.